The third-order valence-corrected chi connectivity index (χ3v) is 4.04. The third-order valence-electron chi connectivity index (χ3n) is 3.83. The molecular formula is C14H14ClN3O3. The summed E-state index contributed by atoms with van der Waals surface area (Å²) in [6.07, 6.45) is 1.53. The number of rotatable bonds is 3. The zero-order chi connectivity index (χ0) is 15.0. The number of likely N-dealkylation sites (tertiary alicyclic amines) is 1. The third kappa shape index (κ3) is 2.71. The van der Waals surface area contributed by atoms with Gasteiger partial charge in [-0.3, -0.25) is 4.79 Å². The predicted molar refractivity (Wildman–Crippen MR) is 78.7 cm³/mol. The first kappa shape index (κ1) is 13.9. The van der Waals surface area contributed by atoms with E-state index in [0.717, 1.165) is 17.3 Å². The molecule has 0 bridgehead atoms. The first-order valence-corrected chi connectivity index (χ1v) is 7.05. The van der Waals surface area contributed by atoms with Crippen LogP contribution in [0.2, 0.25) is 5.15 Å². The topological polar surface area (TPSA) is 75.4 Å². The quantitative estimate of drug-likeness (QED) is 0.881. The summed E-state index contributed by atoms with van der Waals surface area (Å²) in [6.45, 7) is 1.63. The lowest BCUT2D eigenvalue weighted by molar-refractivity contribution is 0.0766. The Morgan fingerprint density at radius 3 is 2.90 bits per heavy atom. The molecule has 6 nitrogen and oxygen atoms in total. The van der Waals surface area contributed by atoms with E-state index in [2.05, 4.69) is 4.98 Å². The van der Waals surface area contributed by atoms with E-state index in [-0.39, 0.29) is 5.56 Å². The number of aryl methyl sites for hydroxylation is 1. The van der Waals surface area contributed by atoms with Crippen molar-refractivity contribution in [3.63, 3.8) is 0 Å². The molecule has 2 aromatic rings. The molecule has 3 rings (SSSR count). The van der Waals surface area contributed by atoms with Gasteiger partial charge in [-0.2, -0.15) is 0 Å². The van der Waals surface area contributed by atoms with E-state index in [0.29, 0.717) is 30.7 Å². The normalized spacial score (nSPS) is 15.2. The number of amides is 1. The first-order valence-electron chi connectivity index (χ1n) is 6.67. The Balaban J connectivity index is 1.78. The molecule has 2 aromatic heterocycles. The Morgan fingerprint density at radius 1 is 1.43 bits per heavy atom. The summed E-state index contributed by atoms with van der Waals surface area (Å²) in [7, 11) is 0. The molecule has 0 unspecified atom stereocenters. The molecule has 0 spiro atoms. The number of carbonyl (C=O) groups is 1. The molecule has 0 radical (unpaired) electrons. The van der Waals surface area contributed by atoms with Crippen LogP contribution in [0, 0.1) is 5.92 Å². The van der Waals surface area contributed by atoms with Crippen LogP contribution in [0.25, 0.3) is 10.9 Å². The highest BCUT2D eigenvalue weighted by atomic mass is 35.5. The molecule has 7 heteroatoms. The summed E-state index contributed by atoms with van der Waals surface area (Å²) in [6, 6.07) is 4.93. The van der Waals surface area contributed by atoms with Gasteiger partial charge in [-0.15, -0.1) is 0 Å². The SMILES string of the molecule is O=C(O)N1CC(CCn2c(=O)ccc3cnc(Cl)cc32)C1. The summed E-state index contributed by atoms with van der Waals surface area (Å²) < 4.78 is 1.67. The highest BCUT2D eigenvalue weighted by Gasteiger charge is 2.29. The molecule has 3 heterocycles. The Labute approximate surface area is 125 Å². The smallest absolute Gasteiger partial charge is 0.407 e. The molecule has 0 saturated carbocycles. The van der Waals surface area contributed by atoms with Gasteiger partial charge >= 0.3 is 6.09 Å². The lowest BCUT2D eigenvalue weighted by Gasteiger charge is -2.37. The monoisotopic (exact) mass is 307 g/mol. The summed E-state index contributed by atoms with van der Waals surface area (Å²) in [5, 5.41) is 10.0. The van der Waals surface area contributed by atoms with Gasteiger partial charge < -0.3 is 14.6 Å². The second-order valence-electron chi connectivity index (χ2n) is 5.23. The Bertz CT molecular complexity index is 753. The van der Waals surface area contributed by atoms with Crippen LogP contribution in [0.3, 0.4) is 0 Å². The van der Waals surface area contributed by atoms with Gasteiger partial charge in [0.15, 0.2) is 0 Å². The molecule has 21 heavy (non-hydrogen) atoms. The molecule has 1 fully saturated rings. The van der Waals surface area contributed by atoms with Crippen LogP contribution in [0.5, 0.6) is 0 Å². The number of hydrogen-bond donors (Lipinski definition) is 1. The van der Waals surface area contributed by atoms with E-state index >= 15 is 0 Å². The highest BCUT2D eigenvalue weighted by Crippen LogP contribution is 2.21. The summed E-state index contributed by atoms with van der Waals surface area (Å²) in [5.41, 5.74) is 0.677. The highest BCUT2D eigenvalue weighted by molar-refractivity contribution is 6.29. The van der Waals surface area contributed by atoms with Crippen LogP contribution >= 0.6 is 11.6 Å². The minimum Gasteiger partial charge on any atom is -0.465 e. The molecule has 0 aromatic carbocycles. The number of halogens is 1. The maximum Gasteiger partial charge on any atom is 0.407 e. The maximum absolute atomic E-state index is 12.0. The van der Waals surface area contributed by atoms with Crippen LogP contribution in [-0.4, -0.2) is 38.7 Å². The zero-order valence-corrected chi connectivity index (χ0v) is 12.0. The number of aromatic nitrogens is 2. The Hall–Kier alpha value is -2.08. The van der Waals surface area contributed by atoms with Crippen molar-refractivity contribution in [2.75, 3.05) is 13.1 Å². The number of pyridine rings is 2. The van der Waals surface area contributed by atoms with Crippen LogP contribution < -0.4 is 5.56 Å². The lowest BCUT2D eigenvalue weighted by atomic mass is 9.97. The molecule has 0 atom stereocenters. The van der Waals surface area contributed by atoms with E-state index in [4.69, 9.17) is 16.7 Å². The van der Waals surface area contributed by atoms with Gasteiger partial charge in [0.25, 0.3) is 5.56 Å². The molecule has 1 amide bonds. The molecule has 1 aliphatic rings. The van der Waals surface area contributed by atoms with Crippen LogP contribution in [0.1, 0.15) is 6.42 Å². The number of fused-ring (bicyclic) bond motifs is 1. The van der Waals surface area contributed by atoms with Crippen molar-refractivity contribution in [1.29, 1.82) is 0 Å². The Kier molecular flexibility index (Phi) is 3.55. The van der Waals surface area contributed by atoms with Gasteiger partial charge in [0.1, 0.15) is 5.15 Å². The van der Waals surface area contributed by atoms with Crippen LogP contribution in [0.4, 0.5) is 4.79 Å². The summed E-state index contributed by atoms with van der Waals surface area (Å²) >= 11 is 5.90. The number of nitrogens with zero attached hydrogens (tertiary/aromatic N) is 3. The standard InChI is InChI=1S/C14H14ClN3O3/c15-12-5-11-10(6-16-12)1-2-13(19)18(11)4-3-9-7-17(8-9)14(20)21/h1-2,5-6,9H,3-4,7-8H2,(H,20,21). The Morgan fingerprint density at radius 2 is 2.19 bits per heavy atom. The van der Waals surface area contributed by atoms with Crippen molar-refractivity contribution in [2.45, 2.75) is 13.0 Å². The fourth-order valence-corrected chi connectivity index (χ4v) is 2.77. The molecular weight excluding hydrogens is 294 g/mol. The number of hydrogen-bond acceptors (Lipinski definition) is 3. The first-order chi connectivity index (χ1) is 10.0. The van der Waals surface area contributed by atoms with Gasteiger partial charge in [0.05, 0.1) is 5.52 Å². The molecule has 1 aliphatic heterocycles. The average molecular weight is 308 g/mol. The molecule has 1 saturated heterocycles. The largest absolute Gasteiger partial charge is 0.465 e. The van der Waals surface area contributed by atoms with Gasteiger partial charge in [-0.05, 0) is 24.5 Å². The van der Waals surface area contributed by atoms with Crippen molar-refractivity contribution >= 4 is 28.6 Å². The van der Waals surface area contributed by atoms with E-state index < -0.39 is 6.09 Å². The van der Waals surface area contributed by atoms with Crippen molar-refractivity contribution < 1.29 is 9.90 Å². The van der Waals surface area contributed by atoms with Crippen molar-refractivity contribution in [2.24, 2.45) is 5.92 Å². The van der Waals surface area contributed by atoms with Crippen molar-refractivity contribution in [3.05, 3.63) is 39.9 Å². The summed E-state index contributed by atoms with van der Waals surface area (Å²) in [5.74, 6) is 0.306. The minimum atomic E-state index is -0.883. The van der Waals surface area contributed by atoms with Crippen LogP contribution in [-0.2, 0) is 6.54 Å². The molecule has 0 aliphatic carbocycles. The van der Waals surface area contributed by atoms with E-state index in [1.807, 2.05) is 0 Å². The average Bonchev–Trinajstić information content (AvgIpc) is 2.38. The van der Waals surface area contributed by atoms with Gasteiger partial charge in [0.2, 0.25) is 0 Å². The minimum absolute atomic E-state index is 0.0841. The molecule has 110 valence electrons. The van der Waals surface area contributed by atoms with Gasteiger partial charge in [-0.25, -0.2) is 9.78 Å². The van der Waals surface area contributed by atoms with Gasteiger partial charge in [0, 0.05) is 37.3 Å². The fraction of sp³-hybridized carbons (Fsp3) is 0.357. The van der Waals surface area contributed by atoms with E-state index in [9.17, 15) is 9.59 Å². The number of carboxylic acid groups (broad SMARTS) is 1. The predicted octanol–water partition coefficient (Wildman–Crippen LogP) is 2.05. The van der Waals surface area contributed by atoms with E-state index in [1.54, 1.807) is 22.9 Å². The fourth-order valence-electron chi connectivity index (χ4n) is 2.61. The summed E-state index contributed by atoms with van der Waals surface area (Å²) in [4.78, 5) is 28.1. The van der Waals surface area contributed by atoms with Crippen molar-refractivity contribution in [1.82, 2.24) is 14.5 Å². The van der Waals surface area contributed by atoms with E-state index in [1.165, 1.54) is 11.0 Å². The lowest BCUT2D eigenvalue weighted by Crippen LogP contribution is -2.49. The van der Waals surface area contributed by atoms with Crippen molar-refractivity contribution in [3.8, 4) is 0 Å². The van der Waals surface area contributed by atoms with Gasteiger partial charge in [-0.1, -0.05) is 11.6 Å². The second-order valence-corrected chi connectivity index (χ2v) is 5.62. The zero-order valence-electron chi connectivity index (χ0n) is 11.2. The van der Waals surface area contributed by atoms with Crippen LogP contribution in [0.15, 0.2) is 29.2 Å². The maximum atomic E-state index is 12.0. The second kappa shape index (κ2) is 5.37. The molecule has 1 N–H and O–H groups in total.